The van der Waals surface area contributed by atoms with Gasteiger partial charge >= 0.3 is 18.2 Å². The summed E-state index contributed by atoms with van der Waals surface area (Å²) in [6.07, 6.45) is -9.40. The van der Waals surface area contributed by atoms with Crippen LogP contribution in [0.3, 0.4) is 0 Å². The van der Waals surface area contributed by atoms with Gasteiger partial charge in [-0.15, -0.1) is 0 Å². The summed E-state index contributed by atoms with van der Waals surface area (Å²) in [6, 6.07) is 9.57. The van der Waals surface area contributed by atoms with E-state index in [-0.39, 0.29) is 22.6 Å². The Labute approximate surface area is 158 Å². The molecule has 0 aliphatic rings. The largest absolute Gasteiger partial charge is 0.471 e. The SMILES string of the molecule is O=C(NNc1ccccc1C(F)(F)F)c1ccc(-c2noc(C(F)(F)F)n2)cc1. The summed E-state index contributed by atoms with van der Waals surface area (Å²) in [6.45, 7) is 0. The summed E-state index contributed by atoms with van der Waals surface area (Å²) >= 11 is 0. The summed E-state index contributed by atoms with van der Waals surface area (Å²) in [5.74, 6) is -2.61. The lowest BCUT2D eigenvalue weighted by Crippen LogP contribution is -2.30. The van der Waals surface area contributed by atoms with Crippen molar-refractivity contribution < 1.29 is 35.7 Å². The number of hydrogen-bond donors (Lipinski definition) is 2. The number of hydrazine groups is 1. The van der Waals surface area contributed by atoms with Crippen molar-refractivity contribution >= 4 is 11.6 Å². The topological polar surface area (TPSA) is 80.0 Å². The molecule has 0 radical (unpaired) electrons. The number of alkyl halides is 6. The van der Waals surface area contributed by atoms with Crippen LogP contribution in [0.2, 0.25) is 0 Å². The molecule has 0 aliphatic heterocycles. The minimum atomic E-state index is -4.79. The molecule has 0 unspecified atom stereocenters. The third-order valence-electron chi connectivity index (χ3n) is 3.62. The highest BCUT2D eigenvalue weighted by Gasteiger charge is 2.38. The number of hydrogen-bond acceptors (Lipinski definition) is 5. The Balaban J connectivity index is 1.70. The van der Waals surface area contributed by atoms with Crippen molar-refractivity contribution in [1.29, 1.82) is 0 Å². The van der Waals surface area contributed by atoms with Gasteiger partial charge in [0.05, 0.1) is 11.3 Å². The number of anilines is 1. The normalized spacial score (nSPS) is 11.9. The molecule has 152 valence electrons. The van der Waals surface area contributed by atoms with Crippen LogP contribution < -0.4 is 10.9 Å². The quantitative estimate of drug-likeness (QED) is 0.483. The minimum Gasteiger partial charge on any atom is -0.329 e. The van der Waals surface area contributed by atoms with E-state index in [1.165, 1.54) is 36.4 Å². The van der Waals surface area contributed by atoms with Crippen molar-refractivity contribution in [2.45, 2.75) is 12.4 Å². The van der Waals surface area contributed by atoms with Crippen molar-refractivity contribution in [3.8, 4) is 11.4 Å². The monoisotopic (exact) mass is 416 g/mol. The Hall–Kier alpha value is -3.57. The number of benzene rings is 2. The first-order valence-electron chi connectivity index (χ1n) is 7.79. The Bertz CT molecular complexity index is 1010. The number of carbonyl (C=O) groups excluding carboxylic acids is 1. The number of nitrogens with zero attached hydrogens (tertiary/aromatic N) is 2. The highest BCUT2D eigenvalue weighted by molar-refractivity contribution is 5.95. The Morgan fingerprint density at radius 1 is 0.897 bits per heavy atom. The van der Waals surface area contributed by atoms with Gasteiger partial charge in [0.2, 0.25) is 5.82 Å². The fourth-order valence-electron chi connectivity index (χ4n) is 2.26. The number of nitrogens with one attached hydrogen (secondary N) is 2. The molecule has 29 heavy (non-hydrogen) atoms. The van der Waals surface area contributed by atoms with E-state index in [0.717, 1.165) is 12.1 Å². The first-order chi connectivity index (χ1) is 13.6. The third kappa shape index (κ3) is 4.65. The van der Waals surface area contributed by atoms with Crippen LogP contribution in [0.25, 0.3) is 11.4 Å². The highest BCUT2D eigenvalue weighted by Crippen LogP contribution is 2.34. The molecule has 0 saturated heterocycles. The number of aromatic nitrogens is 2. The van der Waals surface area contributed by atoms with Crippen molar-refractivity contribution in [3.63, 3.8) is 0 Å². The zero-order valence-corrected chi connectivity index (χ0v) is 14.1. The predicted molar refractivity (Wildman–Crippen MR) is 87.3 cm³/mol. The fourth-order valence-corrected chi connectivity index (χ4v) is 2.26. The van der Waals surface area contributed by atoms with Gasteiger partial charge in [-0.2, -0.15) is 31.3 Å². The van der Waals surface area contributed by atoms with Crippen molar-refractivity contribution in [3.05, 3.63) is 65.5 Å². The van der Waals surface area contributed by atoms with E-state index < -0.39 is 29.7 Å². The van der Waals surface area contributed by atoms with Gasteiger partial charge in [-0.3, -0.25) is 15.6 Å². The molecule has 2 N–H and O–H groups in total. The van der Waals surface area contributed by atoms with Gasteiger partial charge in [0.25, 0.3) is 5.91 Å². The second kappa shape index (κ2) is 7.45. The van der Waals surface area contributed by atoms with E-state index in [4.69, 9.17) is 0 Å². The van der Waals surface area contributed by atoms with Gasteiger partial charge in [-0.25, -0.2) is 0 Å². The van der Waals surface area contributed by atoms with Gasteiger partial charge in [0.15, 0.2) is 0 Å². The van der Waals surface area contributed by atoms with E-state index >= 15 is 0 Å². The highest BCUT2D eigenvalue weighted by atomic mass is 19.4. The molecule has 0 fully saturated rings. The Morgan fingerprint density at radius 2 is 1.55 bits per heavy atom. The number of carbonyl (C=O) groups is 1. The van der Waals surface area contributed by atoms with Crippen LogP contribution in [0.5, 0.6) is 0 Å². The van der Waals surface area contributed by atoms with Crippen LogP contribution in [0.1, 0.15) is 21.8 Å². The number of para-hydroxylation sites is 1. The lowest BCUT2D eigenvalue weighted by Gasteiger charge is -2.15. The van der Waals surface area contributed by atoms with E-state index in [2.05, 4.69) is 25.5 Å². The number of amides is 1. The van der Waals surface area contributed by atoms with Gasteiger partial charge in [0, 0.05) is 11.1 Å². The van der Waals surface area contributed by atoms with E-state index in [1.807, 2.05) is 0 Å². The smallest absolute Gasteiger partial charge is 0.329 e. The molecule has 0 atom stereocenters. The average molecular weight is 416 g/mol. The Morgan fingerprint density at radius 3 is 2.14 bits per heavy atom. The molecule has 0 aliphatic carbocycles. The zero-order chi connectivity index (χ0) is 21.2. The second-order valence-electron chi connectivity index (χ2n) is 5.62. The molecule has 3 rings (SSSR count). The van der Waals surface area contributed by atoms with Crippen molar-refractivity contribution in [2.75, 3.05) is 5.43 Å². The van der Waals surface area contributed by atoms with Gasteiger partial charge < -0.3 is 4.52 Å². The van der Waals surface area contributed by atoms with Crippen LogP contribution >= 0.6 is 0 Å². The van der Waals surface area contributed by atoms with E-state index in [1.54, 1.807) is 0 Å². The molecule has 3 aromatic rings. The molecule has 1 amide bonds. The molecule has 1 aromatic heterocycles. The molecular weight excluding hydrogens is 406 g/mol. The molecule has 6 nitrogen and oxygen atoms in total. The van der Waals surface area contributed by atoms with Gasteiger partial charge in [0.1, 0.15) is 0 Å². The lowest BCUT2D eigenvalue weighted by molar-refractivity contribution is -0.159. The Kier molecular flexibility index (Phi) is 5.18. The van der Waals surface area contributed by atoms with E-state index in [0.29, 0.717) is 0 Å². The van der Waals surface area contributed by atoms with Gasteiger partial charge in [-0.05, 0) is 24.3 Å². The van der Waals surface area contributed by atoms with Crippen LogP contribution in [-0.2, 0) is 12.4 Å². The fraction of sp³-hybridized carbons (Fsp3) is 0.118. The van der Waals surface area contributed by atoms with Crippen molar-refractivity contribution in [1.82, 2.24) is 15.6 Å². The number of rotatable bonds is 4. The molecule has 2 aromatic carbocycles. The summed E-state index contributed by atoms with van der Waals surface area (Å²) < 4.78 is 80.4. The molecule has 0 spiro atoms. The molecule has 1 heterocycles. The summed E-state index contributed by atoms with van der Waals surface area (Å²) in [4.78, 5) is 15.3. The minimum absolute atomic E-state index is 0.0327. The molecule has 12 heteroatoms. The average Bonchev–Trinajstić information content (AvgIpc) is 3.16. The standard InChI is InChI=1S/C17H10F6N4O2/c18-16(19,20)11-3-1-2-4-12(11)25-26-14(28)10-7-5-9(6-8-10)13-24-15(29-27-13)17(21,22)23/h1-8,25H,(H,26,28). The van der Waals surface area contributed by atoms with E-state index in [9.17, 15) is 31.1 Å². The van der Waals surface area contributed by atoms with Gasteiger partial charge in [-0.1, -0.05) is 29.4 Å². The summed E-state index contributed by atoms with van der Waals surface area (Å²) in [5, 5.41) is 3.21. The second-order valence-corrected chi connectivity index (χ2v) is 5.62. The first kappa shape index (κ1) is 20.2. The maximum absolute atomic E-state index is 12.9. The summed E-state index contributed by atoms with van der Waals surface area (Å²) in [5.41, 5.74) is 3.19. The lowest BCUT2D eigenvalue weighted by atomic mass is 10.1. The maximum atomic E-state index is 12.9. The van der Waals surface area contributed by atoms with Crippen LogP contribution in [0.4, 0.5) is 32.0 Å². The summed E-state index contributed by atoms with van der Waals surface area (Å²) in [7, 11) is 0. The molecule has 0 saturated carbocycles. The van der Waals surface area contributed by atoms with Crippen LogP contribution in [0.15, 0.2) is 53.1 Å². The molecule has 0 bridgehead atoms. The maximum Gasteiger partial charge on any atom is 0.471 e. The predicted octanol–water partition coefficient (Wildman–Crippen LogP) is 4.53. The zero-order valence-electron chi connectivity index (χ0n) is 14.1. The third-order valence-corrected chi connectivity index (χ3v) is 3.62. The number of halogens is 6. The molecular formula is C17H10F6N4O2. The van der Waals surface area contributed by atoms with Crippen LogP contribution in [0, 0.1) is 0 Å². The van der Waals surface area contributed by atoms with Crippen LogP contribution in [-0.4, -0.2) is 16.0 Å². The van der Waals surface area contributed by atoms with Crippen molar-refractivity contribution in [2.24, 2.45) is 0 Å². The first-order valence-corrected chi connectivity index (χ1v) is 7.79.